The number of piperidine rings is 1. The van der Waals surface area contributed by atoms with Gasteiger partial charge in [-0.3, -0.25) is 24.3 Å². The predicted molar refractivity (Wildman–Crippen MR) is 145 cm³/mol. The molecule has 2 atom stereocenters. The first-order valence-electron chi connectivity index (χ1n) is 13.4. The number of likely N-dealkylation sites (tertiary alicyclic amines) is 1. The van der Waals surface area contributed by atoms with Gasteiger partial charge in [-0.05, 0) is 30.0 Å². The normalized spacial score (nSPS) is 22.3. The van der Waals surface area contributed by atoms with E-state index < -0.39 is 5.43 Å². The van der Waals surface area contributed by atoms with E-state index in [1.54, 1.807) is 6.07 Å². The Morgan fingerprint density at radius 3 is 2.42 bits per heavy atom. The lowest BCUT2D eigenvalue weighted by molar-refractivity contribution is 0.100. The molecule has 1 N–H and O–H groups in total. The monoisotopic (exact) mass is 536 g/mol. The number of nitrogens with zero attached hydrogens (tertiary/aromatic N) is 4. The Hall–Kier alpha value is -2.91. The second kappa shape index (κ2) is 10.7. The molecule has 2 saturated heterocycles. The van der Waals surface area contributed by atoms with Crippen molar-refractivity contribution < 1.29 is 9.52 Å². The molecule has 3 aliphatic rings. The van der Waals surface area contributed by atoms with Crippen molar-refractivity contribution in [3.8, 4) is 5.75 Å². The number of piperazine rings is 1. The van der Waals surface area contributed by atoms with Crippen LogP contribution in [-0.2, 0) is 26.2 Å². The molecule has 6 rings (SSSR count). The second-order valence-electron chi connectivity index (χ2n) is 10.9. The molecule has 0 spiro atoms. The molecule has 3 aromatic rings. The van der Waals surface area contributed by atoms with Gasteiger partial charge in [0.25, 0.3) is 5.56 Å². The molecule has 3 aliphatic heterocycles. The molecule has 0 aliphatic carbocycles. The highest BCUT2D eigenvalue weighted by molar-refractivity contribution is 6.31. The van der Waals surface area contributed by atoms with Gasteiger partial charge in [0, 0.05) is 81.1 Å². The highest BCUT2D eigenvalue weighted by Gasteiger charge is 2.34. The minimum atomic E-state index is -0.396. The van der Waals surface area contributed by atoms with Crippen molar-refractivity contribution in [2.24, 2.45) is 5.92 Å². The minimum Gasteiger partial charge on any atom is -0.502 e. The molecule has 200 valence electrons. The molecule has 2 unspecified atom stereocenters. The molecule has 38 heavy (non-hydrogen) atoms. The third-order valence-corrected chi connectivity index (χ3v) is 8.53. The van der Waals surface area contributed by atoms with Crippen LogP contribution in [0.15, 0.2) is 62.5 Å². The zero-order valence-electron chi connectivity index (χ0n) is 21.4. The Labute approximate surface area is 226 Å². The highest BCUT2D eigenvalue weighted by Crippen LogP contribution is 2.35. The predicted octanol–water partition coefficient (Wildman–Crippen LogP) is 3.10. The number of hydrogen-bond donors (Lipinski definition) is 1. The number of pyridine rings is 1. The van der Waals surface area contributed by atoms with Gasteiger partial charge >= 0.3 is 0 Å². The van der Waals surface area contributed by atoms with E-state index in [1.807, 2.05) is 28.8 Å². The van der Waals surface area contributed by atoms with Gasteiger partial charge in [-0.2, -0.15) is 0 Å². The number of benzene rings is 1. The Balaban J connectivity index is 1.10. The number of rotatable bonds is 6. The van der Waals surface area contributed by atoms with E-state index in [0.717, 1.165) is 75.1 Å². The SMILES string of the molecule is O=c1cc(CN2CC3CC(C2)c2cccc(=O)n2C3)oc(CN2CCN(Cc3ccccc3Cl)CC2)c1O. The van der Waals surface area contributed by atoms with Gasteiger partial charge in [-0.15, -0.1) is 0 Å². The molecular formula is C29H33ClN4O4. The zero-order chi connectivity index (χ0) is 26.2. The maximum absolute atomic E-state index is 12.6. The van der Waals surface area contributed by atoms with Crippen LogP contribution in [-0.4, -0.2) is 63.6 Å². The third-order valence-electron chi connectivity index (χ3n) is 8.16. The van der Waals surface area contributed by atoms with Gasteiger partial charge in [0.05, 0.1) is 13.1 Å². The molecule has 2 aromatic heterocycles. The molecule has 9 heteroatoms. The van der Waals surface area contributed by atoms with Gasteiger partial charge in [-0.25, -0.2) is 0 Å². The molecule has 0 radical (unpaired) electrons. The molecule has 0 saturated carbocycles. The summed E-state index contributed by atoms with van der Waals surface area (Å²) in [6, 6.07) is 14.9. The summed E-state index contributed by atoms with van der Waals surface area (Å²) in [5.41, 5.74) is 1.90. The van der Waals surface area contributed by atoms with Gasteiger partial charge in [-0.1, -0.05) is 35.9 Å². The lowest BCUT2D eigenvalue weighted by atomic mass is 9.83. The maximum Gasteiger partial charge on any atom is 0.250 e. The fourth-order valence-electron chi connectivity index (χ4n) is 6.29. The molecule has 2 fully saturated rings. The second-order valence-corrected chi connectivity index (χ2v) is 11.3. The van der Waals surface area contributed by atoms with E-state index in [0.29, 0.717) is 36.4 Å². The molecule has 0 amide bonds. The van der Waals surface area contributed by atoms with Gasteiger partial charge in [0.1, 0.15) is 5.76 Å². The van der Waals surface area contributed by atoms with Crippen LogP contribution in [0.4, 0.5) is 0 Å². The third kappa shape index (κ3) is 5.31. The highest BCUT2D eigenvalue weighted by atomic mass is 35.5. The maximum atomic E-state index is 12.6. The summed E-state index contributed by atoms with van der Waals surface area (Å²) in [7, 11) is 0. The van der Waals surface area contributed by atoms with Crippen LogP contribution in [0.3, 0.4) is 0 Å². The van der Waals surface area contributed by atoms with Crippen molar-refractivity contribution in [1.29, 1.82) is 0 Å². The van der Waals surface area contributed by atoms with Gasteiger partial charge in [0.2, 0.25) is 11.2 Å². The Morgan fingerprint density at radius 2 is 1.63 bits per heavy atom. The largest absolute Gasteiger partial charge is 0.502 e. The quantitative estimate of drug-likeness (QED) is 0.518. The molecular weight excluding hydrogens is 504 g/mol. The van der Waals surface area contributed by atoms with Crippen LogP contribution in [0.1, 0.15) is 35.1 Å². The summed E-state index contributed by atoms with van der Waals surface area (Å²) in [6.07, 6.45) is 1.08. The van der Waals surface area contributed by atoms with Crippen LogP contribution < -0.4 is 11.0 Å². The topological polar surface area (TPSA) is 82.2 Å². The summed E-state index contributed by atoms with van der Waals surface area (Å²) < 4.78 is 8.04. The van der Waals surface area contributed by atoms with Crippen molar-refractivity contribution >= 4 is 11.6 Å². The first kappa shape index (κ1) is 25.4. The van der Waals surface area contributed by atoms with Crippen molar-refractivity contribution in [2.75, 3.05) is 39.3 Å². The van der Waals surface area contributed by atoms with Gasteiger partial charge < -0.3 is 14.1 Å². The Kier molecular flexibility index (Phi) is 7.14. The van der Waals surface area contributed by atoms with Crippen molar-refractivity contribution in [3.05, 3.63) is 96.9 Å². The number of fused-ring (bicyclic) bond motifs is 4. The molecule has 8 nitrogen and oxygen atoms in total. The summed E-state index contributed by atoms with van der Waals surface area (Å²) in [4.78, 5) is 31.8. The number of halogens is 1. The van der Waals surface area contributed by atoms with E-state index in [4.69, 9.17) is 16.0 Å². The standard InChI is InChI=1S/C29H33ClN4O4/c30-24-5-2-1-4-21(24)16-31-8-10-32(11-9-31)19-27-29(37)26(35)13-23(38-27)18-33-14-20-12-22(17-33)25-6-3-7-28(36)34(25)15-20/h1-7,13,20,22,37H,8-12,14-19H2. The van der Waals surface area contributed by atoms with Crippen molar-refractivity contribution in [1.82, 2.24) is 19.3 Å². The first-order chi connectivity index (χ1) is 18.4. The number of aromatic nitrogens is 1. The van der Waals surface area contributed by atoms with E-state index >= 15 is 0 Å². The average Bonchev–Trinajstić information content (AvgIpc) is 2.90. The minimum absolute atomic E-state index is 0.0736. The Bertz CT molecular complexity index is 1430. The van der Waals surface area contributed by atoms with E-state index in [9.17, 15) is 14.7 Å². The summed E-state index contributed by atoms with van der Waals surface area (Å²) in [5.74, 6) is 1.30. The van der Waals surface area contributed by atoms with Crippen molar-refractivity contribution in [2.45, 2.75) is 38.5 Å². The lowest BCUT2D eigenvalue weighted by Crippen LogP contribution is -2.46. The molecule has 5 heterocycles. The molecule has 2 bridgehead atoms. The van der Waals surface area contributed by atoms with E-state index in [1.165, 1.54) is 6.07 Å². The van der Waals surface area contributed by atoms with Crippen LogP contribution >= 0.6 is 11.6 Å². The fraction of sp³-hybridized carbons (Fsp3) is 0.448. The van der Waals surface area contributed by atoms with E-state index in [-0.39, 0.29) is 11.3 Å². The Morgan fingerprint density at radius 1 is 0.868 bits per heavy atom. The van der Waals surface area contributed by atoms with Crippen LogP contribution in [0.5, 0.6) is 5.75 Å². The van der Waals surface area contributed by atoms with Gasteiger partial charge in [0.15, 0.2) is 5.76 Å². The fourth-order valence-corrected chi connectivity index (χ4v) is 6.49. The van der Waals surface area contributed by atoms with Crippen LogP contribution in [0.25, 0.3) is 0 Å². The summed E-state index contributed by atoms with van der Waals surface area (Å²) in [5, 5.41) is 11.3. The van der Waals surface area contributed by atoms with E-state index in [2.05, 4.69) is 26.8 Å². The van der Waals surface area contributed by atoms with Crippen LogP contribution in [0, 0.1) is 5.92 Å². The number of aromatic hydroxyl groups is 1. The average molecular weight is 537 g/mol. The van der Waals surface area contributed by atoms with Crippen molar-refractivity contribution in [3.63, 3.8) is 0 Å². The first-order valence-corrected chi connectivity index (χ1v) is 13.8. The lowest BCUT2D eigenvalue weighted by Gasteiger charge is -2.42. The smallest absolute Gasteiger partial charge is 0.250 e. The zero-order valence-corrected chi connectivity index (χ0v) is 22.1. The van der Waals surface area contributed by atoms with Crippen LogP contribution in [0.2, 0.25) is 5.02 Å². The molecule has 1 aromatic carbocycles. The number of hydrogen-bond acceptors (Lipinski definition) is 7. The summed E-state index contributed by atoms with van der Waals surface area (Å²) >= 11 is 6.33. The summed E-state index contributed by atoms with van der Waals surface area (Å²) in [6.45, 7) is 7.48.